The molecular formula is C21H25F3N4OS. The first-order valence-electron chi connectivity index (χ1n) is 10.7. The molecule has 2 saturated heterocycles. The minimum Gasteiger partial charge on any atom is -0.355 e. The van der Waals surface area contributed by atoms with Crippen molar-refractivity contribution in [2.24, 2.45) is 17.8 Å². The van der Waals surface area contributed by atoms with Gasteiger partial charge in [-0.1, -0.05) is 12.8 Å². The van der Waals surface area contributed by atoms with Gasteiger partial charge in [-0.2, -0.15) is 13.2 Å². The predicted molar refractivity (Wildman–Crippen MR) is 110 cm³/mol. The highest BCUT2D eigenvalue weighted by Crippen LogP contribution is 2.39. The van der Waals surface area contributed by atoms with Gasteiger partial charge in [0.05, 0.1) is 11.8 Å². The van der Waals surface area contributed by atoms with Crippen molar-refractivity contribution in [1.29, 1.82) is 0 Å². The van der Waals surface area contributed by atoms with Crippen LogP contribution in [0.15, 0.2) is 12.4 Å². The van der Waals surface area contributed by atoms with Crippen LogP contribution in [0, 0.1) is 17.8 Å². The number of halogens is 3. The minimum atomic E-state index is -4.23. The summed E-state index contributed by atoms with van der Waals surface area (Å²) in [6.45, 7) is 3.23. The van der Waals surface area contributed by atoms with Gasteiger partial charge >= 0.3 is 6.18 Å². The second-order valence-electron chi connectivity index (χ2n) is 8.90. The Morgan fingerprint density at radius 2 is 1.87 bits per heavy atom. The Labute approximate surface area is 177 Å². The Morgan fingerprint density at radius 1 is 1.10 bits per heavy atom. The molecule has 3 fully saturated rings. The molecule has 0 N–H and O–H groups in total. The molecule has 2 aromatic rings. The van der Waals surface area contributed by atoms with E-state index in [1.807, 2.05) is 0 Å². The highest BCUT2D eigenvalue weighted by atomic mass is 32.1. The third kappa shape index (κ3) is 3.88. The second kappa shape index (κ2) is 7.66. The molecule has 3 aliphatic rings. The minimum absolute atomic E-state index is 0.207. The van der Waals surface area contributed by atoms with E-state index in [2.05, 4.69) is 19.8 Å². The lowest BCUT2D eigenvalue weighted by Gasteiger charge is -2.35. The zero-order valence-electron chi connectivity index (χ0n) is 16.7. The van der Waals surface area contributed by atoms with Gasteiger partial charge in [0.2, 0.25) is 5.91 Å². The van der Waals surface area contributed by atoms with Crippen LogP contribution >= 0.6 is 11.3 Å². The quantitative estimate of drug-likeness (QED) is 0.718. The van der Waals surface area contributed by atoms with Gasteiger partial charge in [0.15, 0.2) is 0 Å². The summed E-state index contributed by atoms with van der Waals surface area (Å²) in [4.78, 5) is 26.6. The third-order valence-electron chi connectivity index (χ3n) is 6.85. The average molecular weight is 439 g/mol. The van der Waals surface area contributed by atoms with Crippen molar-refractivity contribution in [3.63, 3.8) is 0 Å². The monoisotopic (exact) mass is 438 g/mol. The molecular weight excluding hydrogens is 413 g/mol. The molecule has 2 aliphatic heterocycles. The highest BCUT2D eigenvalue weighted by Gasteiger charge is 2.40. The standard InChI is InChI=1S/C21H25F3N4OS/c22-21(23,24)8-16-7-17-18(25-12-26-19(17)30-16)28-9-14-5-6-27(10-15(14)11-28)20(29)13-3-1-2-4-13/h7,12-15H,1-6,8-11H2/t14-,15+/m1/s1. The topological polar surface area (TPSA) is 49.3 Å². The highest BCUT2D eigenvalue weighted by molar-refractivity contribution is 7.18. The molecule has 1 amide bonds. The van der Waals surface area contributed by atoms with Crippen molar-refractivity contribution >= 4 is 33.3 Å². The number of fused-ring (bicyclic) bond motifs is 2. The van der Waals surface area contributed by atoms with Crippen LogP contribution in [-0.2, 0) is 11.2 Å². The van der Waals surface area contributed by atoms with Gasteiger partial charge < -0.3 is 9.80 Å². The summed E-state index contributed by atoms with van der Waals surface area (Å²) in [5, 5.41) is 0.708. The van der Waals surface area contributed by atoms with Crippen molar-refractivity contribution in [3.05, 3.63) is 17.3 Å². The fourth-order valence-corrected chi connectivity index (χ4v) is 6.42. The summed E-state index contributed by atoms with van der Waals surface area (Å²) in [5.74, 6) is 2.15. The first-order chi connectivity index (χ1) is 14.4. The molecule has 0 radical (unpaired) electrons. The number of carbonyl (C=O) groups is 1. The van der Waals surface area contributed by atoms with E-state index in [1.165, 1.54) is 6.33 Å². The number of carbonyl (C=O) groups excluding carboxylic acids is 1. The first-order valence-corrected chi connectivity index (χ1v) is 11.5. The summed E-state index contributed by atoms with van der Waals surface area (Å²) in [7, 11) is 0. The average Bonchev–Trinajstić information content (AvgIpc) is 3.43. The largest absolute Gasteiger partial charge is 0.393 e. The second-order valence-corrected chi connectivity index (χ2v) is 10.0. The summed E-state index contributed by atoms with van der Waals surface area (Å²) in [6, 6.07) is 1.60. The Morgan fingerprint density at radius 3 is 2.63 bits per heavy atom. The van der Waals surface area contributed by atoms with Crippen molar-refractivity contribution in [2.75, 3.05) is 31.1 Å². The number of alkyl halides is 3. The maximum absolute atomic E-state index is 12.8. The van der Waals surface area contributed by atoms with Gasteiger partial charge in [-0.3, -0.25) is 4.79 Å². The van der Waals surface area contributed by atoms with Gasteiger partial charge in [0, 0.05) is 37.0 Å². The number of anilines is 1. The maximum atomic E-state index is 12.8. The molecule has 2 aromatic heterocycles. The summed E-state index contributed by atoms with van der Waals surface area (Å²) < 4.78 is 38.4. The van der Waals surface area contributed by atoms with E-state index < -0.39 is 12.6 Å². The molecule has 0 bridgehead atoms. The predicted octanol–water partition coefficient (Wildman–Crippen LogP) is 4.27. The molecule has 0 spiro atoms. The van der Waals surface area contributed by atoms with Crippen LogP contribution in [0.3, 0.4) is 0 Å². The number of aromatic nitrogens is 2. The Hall–Kier alpha value is -1.90. The van der Waals surface area contributed by atoms with Crippen LogP contribution in [0.1, 0.15) is 37.0 Å². The third-order valence-corrected chi connectivity index (χ3v) is 7.89. The van der Waals surface area contributed by atoms with Crippen LogP contribution < -0.4 is 4.90 Å². The fraction of sp³-hybridized carbons (Fsp3) is 0.667. The van der Waals surface area contributed by atoms with E-state index in [1.54, 1.807) is 6.07 Å². The molecule has 0 unspecified atom stereocenters. The Bertz CT molecular complexity index is 940. The van der Waals surface area contributed by atoms with Crippen LogP contribution in [0.25, 0.3) is 10.2 Å². The molecule has 0 aromatic carbocycles. The molecule has 30 heavy (non-hydrogen) atoms. The Kier molecular flexibility index (Phi) is 5.11. The lowest BCUT2D eigenvalue weighted by atomic mass is 9.88. The van der Waals surface area contributed by atoms with Crippen molar-refractivity contribution in [2.45, 2.75) is 44.7 Å². The van der Waals surface area contributed by atoms with E-state index in [-0.39, 0.29) is 10.8 Å². The fourth-order valence-electron chi connectivity index (χ4n) is 5.40. The van der Waals surface area contributed by atoms with E-state index in [9.17, 15) is 18.0 Å². The van der Waals surface area contributed by atoms with Gasteiger partial charge in [-0.05, 0) is 37.2 Å². The number of nitrogens with zero attached hydrogens (tertiary/aromatic N) is 4. The van der Waals surface area contributed by atoms with Crippen LogP contribution in [0.4, 0.5) is 19.0 Å². The van der Waals surface area contributed by atoms with E-state index in [4.69, 9.17) is 0 Å². The van der Waals surface area contributed by atoms with E-state index in [0.29, 0.717) is 28.0 Å². The molecule has 1 saturated carbocycles. The van der Waals surface area contributed by atoms with E-state index >= 15 is 0 Å². The van der Waals surface area contributed by atoms with Crippen LogP contribution in [0.5, 0.6) is 0 Å². The molecule has 5 nitrogen and oxygen atoms in total. The molecule has 9 heteroatoms. The lowest BCUT2D eigenvalue weighted by Crippen LogP contribution is -2.45. The molecule has 1 aliphatic carbocycles. The number of amides is 1. The Balaban J connectivity index is 1.32. The van der Waals surface area contributed by atoms with Crippen molar-refractivity contribution < 1.29 is 18.0 Å². The number of rotatable bonds is 3. The van der Waals surface area contributed by atoms with Crippen LogP contribution in [-0.4, -0.2) is 53.1 Å². The summed E-state index contributed by atoms with van der Waals surface area (Å²) >= 11 is 1.09. The van der Waals surface area contributed by atoms with Gasteiger partial charge in [-0.15, -0.1) is 11.3 Å². The number of hydrogen-bond acceptors (Lipinski definition) is 5. The molecule has 4 heterocycles. The van der Waals surface area contributed by atoms with Gasteiger partial charge in [0.25, 0.3) is 0 Å². The lowest BCUT2D eigenvalue weighted by molar-refractivity contribution is -0.137. The SMILES string of the molecule is O=C(C1CCCC1)N1CC[C@@H]2CN(c3ncnc4sc(CC(F)(F)F)cc34)C[C@@H]2C1. The number of hydrogen-bond donors (Lipinski definition) is 0. The van der Waals surface area contributed by atoms with Crippen LogP contribution in [0.2, 0.25) is 0 Å². The smallest absolute Gasteiger partial charge is 0.355 e. The summed E-state index contributed by atoms with van der Waals surface area (Å²) in [6.07, 6.45) is 1.62. The molecule has 5 rings (SSSR count). The van der Waals surface area contributed by atoms with Crippen molar-refractivity contribution in [3.8, 4) is 0 Å². The first kappa shape index (κ1) is 20.0. The van der Waals surface area contributed by atoms with Gasteiger partial charge in [-0.25, -0.2) is 9.97 Å². The van der Waals surface area contributed by atoms with Gasteiger partial charge in [0.1, 0.15) is 17.0 Å². The normalized spacial score (nSPS) is 25.3. The summed E-state index contributed by atoms with van der Waals surface area (Å²) in [5.41, 5.74) is 0. The maximum Gasteiger partial charge on any atom is 0.393 e. The zero-order valence-corrected chi connectivity index (χ0v) is 17.5. The van der Waals surface area contributed by atoms with E-state index in [0.717, 1.165) is 75.4 Å². The molecule has 162 valence electrons. The zero-order chi connectivity index (χ0) is 20.9. The van der Waals surface area contributed by atoms with Crippen molar-refractivity contribution in [1.82, 2.24) is 14.9 Å². The molecule has 2 atom stereocenters. The number of piperidine rings is 1. The number of likely N-dealkylation sites (tertiary alicyclic amines) is 1. The number of thiophene rings is 1.